The van der Waals surface area contributed by atoms with Crippen molar-refractivity contribution in [2.45, 2.75) is 25.8 Å². The van der Waals surface area contributed by atoms with Crippen LogP contribution < -0.4 is 4.90 Å². The van der Waals surface area contributed by atoms with Gasteiger partial charge in [0, 0.05) is 30.6 Å². The SMILES string of the molecule is COC1=C(C)CC23C=CC=CN2c2nccn2C3=C1C. The number of imidazole rings is 1. The molecule has 102 valence electrons. The Labute approximate surface area is 118 Å². The molecule has 1 spiro atoms. The lowest BCUT2D eigenvalue weighted by molar-refractivity contribution is 0.290. The van der Waals surface area contributed by atoms with Gasteiger partial charge in [-0.3, -0.25) is 4.57 Å². The van der Waals surface area contributed by atoms with Crippen LogP contribution >= 0.6 is 0 Å². The lowest BCUT2D eigenvalue weighted by Crippen LogP contribution is -2.45. The van der Waals surface area contributed by atoms with Crippen LogP contribution in [0.4, 0.5) is 5.95 Å². The summed E-state index contributed by atoms with van der Waals surface area (Å²) < 4.78 is 7.80. The number of anilines is 1. The zero-order valence-electron chi connectivity index (χ0n) is 11.9. The van der Waals surface area contributed by atoms with E-state index < -0.39 is 0 Å². The predicted octanol–water partition coefficient (Wildman–Crippen LogP) is 3.08. The van der Waals surface area contributed by atoms with Crippen molar-refractivity contribution in [2.24, 2.45) is 0 Å². The van der Waals surface area contributed by atoms with E-state index in [9.17, 15) is 0 Å². The maximum absolute atomic E-state index is 5.62. The number of aromatic nitrogens is 2. The molecule has 20 heavy (non-hydrogen) atoms. The van der Waals surface area contributed by atoms with E-state index in [1.54, 1.807) is 7.11 Å². The highest BCUT2D eigenvalue weighted by atomic mass is 16.5. The zero-order chi connectivity index (χ0) is 13.9. The highest BCUT2D eigenvalue weighted by Gasteiger charge is 2.50. The van der Waals surface area contributed by atoms with Gasteiger partial charge in [-0.15, -0.1) is 0 Å². The fourth-order valence-electron chi connectivity index (χ4n) is 3.83. The normalized spacial score (nSPS) is 26.9. The summed E-state index contributed by atoms with van der Waals surface area (Å²) >= 11 is 0. The van der Waals surface area contributed by atoms with E-state index in [0.717, 1.165) is 18.1 Å². The van der Waals surface area contributed by atoms with Gasteiger partial charge in [0.1, 0.15) is 11.3 Å². The fourth-order valence-corrected chi connectivity index (χ4v) is 3.83. The van der Waals surface area contributed by atoms with Gasteiger partial charge in [-0.2, -0.15) is 0 Å². The van der Waals surface area contributed by atoms with Crippen molar-refractivity contribution in [3.8, 4) is 0 Å². The minimum atomic E-state index is -0.144. The molecule has 0 saturated carbocycles. The number of hydrogen-bond acceptors (Lipinski definition) is 3. The van der Waals surface area contributed by atoms with E-state index >= 15 is 0 Å². The summed E-state index contributed by atoms with van der Waals surface area (Å²) in [5, 5.41) is 0. The molecule has 3 heterocycles. The predicted molar refractivity (Wildman–Crippen MR) is 78.9 cm³/mol. The van der Waals surface area contributed by atoms with Crippen molar-refractivity contribution in [1.82, 2.24) is 9.55 Å². The van der Waals surface area contributed by atoms with E-state index in [0.29, 0.717) is 0 Å². The summed E-state index contributed by atoms with van der Waals surface area (Å²) in [6.07, 6.45) is 13.4. The highest BCUT2D eigenvalue weighted by Crippen LogP contribution is 2.52. The van der Waals surface area contributed by atoms with Crippen LogP contribution in [0.25, 0.3) is 5.70 Å². The molecule has 1 unspecified atom stereocenters. The molecule has 0 fully saturated rings. The van der Waals surface area contributed by atoms with E-state index in [2.05, 4.69) is 52.7 Å². The Morgan fingerprint density at radius 3 is 2.95 bits per heavy atom. The molecule has 0 aromatic carbocycles. The molecule has 0 N–H and O–H groups in total. The average Bonchev–Trinajstić information content (AvgIpc) is 2.96. The van der Waals surface area contributed by atoms with Crippen LogP contribution in [-0.2, 0) is 4.74 Å². The van der Waals surface area contributed by atoms with Crippen molar-refractivity contribution >= 4 is 11.6 Å². The number of methoxy groups -OCH3 is 1. The third-order valence-corrected chi connectivity index (χ3v) is 4.46. The molecule has 4 nitrogen and oxygen atoms in total. The maximum Gasteiger partial charge on any atom is 0.215 e. The van der Waals surface area contributed by atoms with Gasteiger partial charge in [-0.05, 0) is 25.5 Å². The third kappa shape index (κ3) is 1.15. The molecule has 0 saturated heterocycles. The summed E-state index contributed by atoms with van der Waals surface area (Å²) in [5.74, 6) is 1.99. The van der Waals surface area contributed by atoms with Gasteiger partial charge in [-0.1, -0.05) is 12.2 Å². The molecule has 2 aliphatic heterocycles. The van der Waals surface area contributed by atoms with Gasteiger partial charge in [0.2, 0.25) is 5.95 Å². The van der Waals surface area contributed by atoms with Crippen molar-refractivity contribution in [1.29, 1.82) is 0 Å². The quantitative estimate of drug-likeness (QED) is 0.783. The smallest absolute Gasteiger partial charge is 0.215 e. The molecule has 4 heteroatoms. The van der Waals surface area contributed by atoms with Crippen LogP contribution in [0.3, 0.4) is 0 Å². The fraction of sp³-hybridized carbons (Fsp3) is 0.312. The van der Waals surface area contributed by atoms with Crippen LogP contribution in [0.1, 0.15) is 20.3 Å². The molecular weight excluding hydrogens is 250 g/mol. The van der Waals surface area contributed by atoms with Gasteiger partial charge in [0.05, 0.1) is 12.8 Å². The summed E-state index contributed by atoms with van der Waals surface area (Å²) in [6, 6.07) is 0. The number of rotatable bonds is 1. The lowest BCUT2D eigenvalue weighted by atomic mass is 9.78. The summed E-state index contributed by atoms with van der Waals surface area (Å²) in [6.45, 7) is 4.29. The molecule has 3 aliphatic rings. The Bertz CT molecular complexity index is 720. The molecule has 1 aromatic rings. The van der Waals surface area contributed by atoms with Crippen LogP contribution in [-0.4, -0.2) is 22.2 Å². The van der Waals surface area contributed by atoms with Crippen molar-refractivity contribution in [3.05, 3.63) is 53.7 Å². The van der Waals surface area contributed by atoms with Crippen molar-refractivity contribution in [3.63, 3.8) is 0 Å². The first-order valence-electron chi connectivity index (χ1n) is 6.83. The minimum absolute atomic E-state index is 0.144. The highest BCUT2D eigenvalue weighted by molar-refractivity contribution is 5.83. The van der Waals surface area contributed by atoms with Gasteiger partial charge < -0.3 is 9.64 Å². The summed E-state index contributed by atoms with van der Waals surface area (Å²) in [4.78, 5) is 6.79. The van der Waals surface area contributed by atoms with E-state index in [1.807, 2.05) is 12.4 Å². The minimum Gasteiger partial charge on any atom is -0.496 e. The van der Waals surface area contributed by atoms with Crippen LogP contribution in [0, 0.1) is 0 Å². The molecule has 4 rings (SSSR count). The number of ether oxygens (including phenoxy) is 1. The Balaban J connectivity index is 2.05. The first-order chi connectivity index (χ1) is 9.69. The standard InChI is InChI=1S/C16H17N3O/c1-11-10-16-6-4-5-8-19(16)15-17-7-9-18(15)14(16)12(2)13(11)20-3/h4-9H,10H2,1-3H3. The second-order valence-electron chi connectivity index (χ2n) is 5.56. The number of nitrogens with zero attached hydrogens (tertiary/aromatic N) is 3. The maximum atomic E-state index is 5.62. The Morgan fingerprint density at radius 2 is 2.15 bits per heavy atom. The van der Waals surface area contributed by atoms with Crippen LogP contribution in [0.2, 0.25) is 0 Å². The monoisotopic (exact) mass is 267 g/mol. The molecule has 1 aromatic heterocycles. The van der Waals surface area contributed by atoms with Crippen molar-refractivity contribution in [2.75, 3.05) is 12.0 Å². The second-order valence-corrected chi connectivity index (χ2v) is 5.56. The lowest BCUT2D eigenvalue weighted by Gasteiger charge is -2.40. The first-order valence-corrected chi connectivity index (χ1v) is 6.83. The molecule has 1 aliphatic carbocycles. The van der Waals surface area contributed by atoms with Gasteiger partial charge in [0.25, 0.3) is 0 Å². The molecule has 1 atom stereocenters. The van der Waals surface area contributed by atoms with E-state index in [4.69, 9.17) is 4.74 Å². The van der Waals surface area contributed by atoms with Gasteiger partial charge in [-0.25, -0.2) is 4.98 Å². The molecule has 0 radical (unpaired) electrons. The molecular formula is C16H17N3O. The van der Waals surface area contributed by atoms with Gasteiger partial charge >= 0.3 is 0 Å². The van der Waals surface area contributed by atoms with Crippen LogP contribution in [0.5, 0.6) is 0 Å². The number of fused-ring (bicyclic) bond motifs is 3. The third-order valence-electron chi connectivity index (χ3n) is 4.46. The molecule has 0 amide bonds. The largest absolute Gasteiger partial charge is 0.496 e. The Morgan fingerprint density at radius 1 is 1.30 bits per heavy atom. The topological polar surface area (TPSA) is 30.3 Å². The van der Waals surface area contributed by atoms with Crippen LogP contribution in [0.15, 0.2) is 53.7 Å². The van der Waals surface area contributed by atoms with E-state index in [-0.39, 0.29) is 5.54 Å². The summed E-state index contributed by atoms with van der Waals surface area (Å²) in [5.41, 5.74) is 3.59. The van der Waals surface area contributed by atoms with E-state index in [1.165, 1.54) is 16.8 Å². The average molecular weight is 267 g/mol. The Hall–Kier alpha value is -2.23. The number of allylic oxidation sites excluding steroid dienone is 3. The summed E-state index contributed by atoms with van der Waals surface area (Å²) in [7, 11) is 1.75. The zero-order valence-corrected chi connectivity index (χ0v) is 11.9. The van der Waals surface area contributed by atoms with Gasteiger partial charge in [0.15, 0.2) is 0 Å². The number of hydrogen-bond donors (Lipinski definition) is 0. The molecule has 0 bridgehead atoms. The second kappa shape index (κ2) is 3.66. The Kier molecular flexibility index (Phi) is 2.12. The van der Waals surface area contributed by atoms with Crippen molar-refractivity contribution < 1.29 is 4.74 Å². The first kappa shape index (κ1) is 11.6.